The van der Waals surface area contributed by atoms with Gasteiger partial charge in [0.05, 0.1) is 18.5 Å². The Hall–Kier alpha value is -4.79. The Kier molecular flexibility index (Phi) is 6.86. The number of thiophene rings is 2. The number of aromatic nitrogens is 1. The lowest BCUT2D eigenvalue weighted by molar-refractivity contribution is 0.0603. The third-order valence-corrected chi connectivity index (χ3v) is 8.55. The Labute approximate surface area is 238 Å². The van der Waals surface area contributed by atoms with Gasteiger partial charge in [-0.2, -0.15) is 0 Å². The van der Waals surface area contributed by atoms with Crippen LogP contribution < -0.4 is 11.1 Å². The molecule has 40 heavy (non-hydrogen) atoms. The van der Waals surface area contributed by atoms with Gasteiger partial charge < -0.3 is 15.8 Å². The highest BCUT2D eigenvalue weighted by Gasteiger charge is 2.26. The predicted molar refractivity (Wildman–Crippen MR) is 164 cm³/mol. The van der Waals surface area contributed by atoms with Crippen molar-refractivity contribution in [3.63, 3.8) is 0 Å². The molecule has 3 N–H and O–H groups in total. The second kappa shape index (κ2) is 10.8. The molecule has 0 aliphatic carbocycles. The van der Waals surface area contributed by atoms with Crippen molar-refractivity contribution in [3.8, 4) is 33.5 Å². The van der Waals surface area contributed by atoms with Crippen molar-refractivity contribution < 1.29 is 14.3 Å². The van der Waals surface area contributed by atoms with Gasteiger partial charge in [-0.1, -0.05) is 91.0 Å². The van der Waals surface area contributed by atoms with Crippen molar-refractivity contribution in [1.82, 2.24) is 4.98 Å². The lowest BCUT2D eigenvalue weighted by atomic mass is 9.99. The molecule has 3 aromatic heterocycles. The van der Waals surface area contributed by atoms with Crippen LogP contribution in [0.15, 0.2) is 102 Å². The third kappa shape index (κ3) is 4.64. The number of carbonyl (C=O) groups excluding carboxylic acids is 2. The van der Waals surface area contributed by atoms with Crippen LogP contribution in [0.4, 0.5) is 10.7 Å². The van der Waals surface area contributed by atoms with Crippen molar-refractivity contribution in [1.29, 1.82) is 0 Å². The molecule has 6 rings (SSSR count). The minimum atomic E-state index is -0.528. The van der Waals surface area contributed by atoms with Crippen molar-refractivity contribution in [2.24, 2.45) is 0 Å². The molecule has 0 aliphatic rings. The van der Waals surface area contributed by atoms with Gasteiger partial charge in [-0.15, -0.1) is 22.7 Å². The molecule has 8 heteroatoms. The topological polar surface area (TPSA) is 94.3 Å². The van der Waals surface area contributed by atoms with Crippen LogP contribution in [0.1, 0.15) is 20.0 Å². The first-order chi connectivity index (χ1) is 19.5. The molecule has 0 atom stereocenters. The summed E-state index contributed by atoms with van der Waals surface area (Å²) in [4.78, 5) is 32.3. The third-order valence-electron chi connectivity index (χ3n) is 6.55. The van der Waals surface area contributed by atoms with Gasteiger partial charge in [0.15, 0.2) is 0 Å². The fraction of sp³-hybridized carbons (Fsp3) is 0.0312. The van der Waals surface area contributed by atoms with E-state index < -0.39 is 11.9 Å². The Morgan fingerprint density at radius 1 is 0.825 bits per heavy atom. The molecule has 0 saturated carbocycles. The maximum atomic E-state index is 13.7. The van der Waals surface area contributed by atoms with Crippen LogP contribution in [0.2, 0.25) is 0 Å². The monoisotopic (exact) mass is 561 g/mol. The normalized spacial score (nSPS) is 10.9. The minimum Gasteiger partial charge on any atom is -0.465 e. The number of hydrogen-bond acceptors (Lipinski definition) is 7. The van der Waals surface area contributed by atoms with Crippen LogP contribution in [-0.4, -0.2) is 24.0 Å². The van der Waals surface area contributed by atoms with Crippen LogP contribution in [-0.2, 0) is 4.74 Å². The molecule has 3 heterocycles. The minimum absolute atomic E-state index is 0.307. The standard InChI is InChI=1S/C32H23N3O3S2/c1-38-32(37)26-23(20-13-7-3-8-14-20)18-39-30(26)35-29(36)28-27(33)25-22(19-11-5-2-6-12-19)17-24(34-31(25)40-28)21-15-9-4-10-16-21/h2-18H,33H2,1H3,(H,35,36). The molecule has 0 saturated heterocycles. The van der Waals surface area contributed by atoms with Crippen molar-refractivity contribution >= 4 is 55.5 Å². The number of nitrogen functional groups attached to an aromatic ring is 1. The van der Waals surface area contributed by atoms with Crippen molar-refractivity contribution in [2.45, 2.75) is 0 Å². The summed E-state index contributed by atoms with van der Waals surface area (Å²) in [5, 5.41) is 5.89. The zero-order valence-corrected chi connectivity index (χ0v) is 23.0. The van der Waals surface area contributed by atoms with E-state index in [0.717, 1.165) is 33.3 Å². The van der Waals surface area contributed by atoms with E-state index in [2.05, 4.69) is 5.32 Å². The Bertz CT molecular complexity index is 1850. The van der Waals surface area contributed by atoms with Crippen LogP contribution in [0.5, 0.6) is 0 Å². The Morgan fingerprint density at radius 3 is 2.00 bits per heavy atom. The number of nitrogens with two attached hydrogens (primary N) is 1. The average molecular weight is 562 g/mol. The number of anilines is 2. The molecule has 3 aromatic carbocycles. The van der Waals surface area contributed by atoms with E-state index >= 15 is 0 Å². The first-order valence-electron chi connectivity index (χ1n) is 12.5. The molecule has 6 aromatic rings. The highest BCUT2D eigenvalue weighted by atomic mass is 32.1. The van der Waals surface area contributed by atoms with E-state index in [9.17, 15) is 9.59 Å². The number of rotatable bonds is 6. The number of ether oxygens (including phenoxy) is 1. The van der Waals surface area contributed by atoms with Crippen LogP contribution >= 0.6 is 22.7 Å². The fourth-order valence-electron chi connectivity index (χ4n) is 4.64. The van der Waals surface area contributed by atoms with Gasteiger partial charge in [-0.05, 0) is 22.8 Å². The number of methoxy groups -OCH3 is 1. The van der Waals surface area contributed by atoms with E-state index in [1.54, 1.807) is 0 Å². The van der Waals surface area contributed by atoms with Gasteiger partial charge >= 0.3 is 5.97 Å². The summed E-state index contributed by atoms with van der Waals surface area (Å²) >= 11 is 2.50. The van der Waals surface area contributed by atoms with E-state index in [0.29, 0.717) is 31.5 Å². The van der Waals surface area contributed by atoms with Crippen LogP contribution in [0.25, 0.3) is 43.7 Å². The molecule has 0 aliphatic heterocycles. The fourth-order valence-corrected chi connectivity index (χ4v) is 6.60. The molecule has 0 spiro atoms. The number of amides is 1. The maximum absolute atomic E-state index is 13.7. The summed E-state index contributed by atoms with van der Waals surface area (Å²) < 4.78 is 5.06. The predicted octanol–water partition coefficient (Wildman–Crippen LogP) is 7.98. The summed E-state index contributed by atoms with van der Waals surface area (Å²) in [7, 11) is 1.32. The summed E-state index contributed by atoms with van der Waals surface area (Å²) in [5.74, 6) is -0.937. The number of esters is 1. The van der Waals surface area contributed by atoms with Gasteiger partial charge in [-0.3, -0.25) is 4.79 Å². The van der Waals surface area contributed by atoms with Gasteiger partial charge in [0.25, 0.3) is 5.91 Å². The lowest BCUT2D eigenvalue weighted by Gasteiger charge is -2.09. The number of pyridine rings is 1. The average Bonchev–Trinajstić information content (AvgIpc) is 3.58. The summed E-state index contributed by atoms with van der Waals surface area (Å²) in [6.07, 6.45) is 0. The number of fused-ring (bicyclic) bond motifs is 1. The molecular weight excluding hydrogens is 539 g/mol. The number of hydrogen-bond donors (Lipinski definition) is 2. The molecule has 196 valence electrons. The highest BCUT2D eigenvalue weighted by Crippen LogP contribution is 2.42. The molecule has 1 amide bonds. The molecule has 0 radical (unpaired) electrons. The molecule has 6 nitrogen and oxygen atoms in total. The summed E-state index contributed by atoms with van der Waals surface area (Å²) in [6.45, 7) is 0. The van der Waals surface area contributed by atoms with Gasteiger partial charge in [-0.25, -0.2) is 9.78 Å². The summed E-state index contributed by atoms with van der Waals surface area (Å²) in [6, 6.07) is 31.3. The van der Waals surface area contributed by atoms with Crippen LogP contribution in [0.3, 0.4) is 0 Å². The number of nitrogens with zero attached hydrogens (tertiary/aromatic N) is 1. The largest absolute Gasteiger partial charge is 0.465 e. The second-order valence-corrected chi connectivity index (χ2v) is 10.9. The highest BCUT2D eigenvalue weighted by molar-refractivity contribution is 7.21. The smallest absolute Gasteiger partial charge is 0.341 e. The zero-order chi connectivity index (χ0) is 27.6. The molecule has 0 bridgehead atoms. The summed E-state index contributed by atoms with van der Waals surface area (Å²) in [5.41, 5.74) is 12.5. The first kappa shape index (κ1) is 25.5. The molecule has 0 unspecified atom stereocenters. The van der Waals surface area contributed by atoms with Crippen molar-refractivity contribution in [2.75, 3.05) is 18.2 Å². The Morgan fingerprint density at radius 2 is 1.40 bits per heavy atom. The van der Waals surface area contributed by atoms with Crippen LogP contribution in [0, 0.1) is 0 Å². The van der Waals surface area contributed by atoms with Gasteiger partial charge in [0, 0.05) is 21.9 Å². The zero-order valence-electron chi connectivity index (χ0n) is 21.4. The van der Waals surface area contributed by atoms with E-state index in [4.69, 9.17) is 15.5 Å². The second-order valence-electron chi connectivity index (χ2n) is 8.98. The molecule has 0 fully saturated rings. The van der Waals surface area contributed by atoms with Gasteiger partial charge in [0.2, 0.25) is 0 Å². The van der Waals surface area contributed by atoms with E-state index in [1.807, 2.05) is 102 Å². The number of carbonyl (C=O) groups is 2. The Balaban J connectivity index is 1.45. The molecular formula is C32H23N3O3S2. The SMILES string of the molecule is COC(=O)c1c(-c2ccccc2)csc1NC(=O)c1sc2nc(-c3ccccc3)cc(-c3ccccc3)c2c1N. The lowest BCUT2D eigenvalue weighted by Crippen LogP contribution is -2.14. The first-order valence-corrected chi connectivity index (χ1v) is 14.1. The number of benzene rings is 3. The van der Waals surface area contributed by atoms with Gasteiger partial charge in [0.1, 0.15) is 20.3 Å². The maximum Gasteiger partial charge on any atom is 0.341 e. The van der Waals surface area contributed by atoms with E-state index in [1.165, 1.54) is 29.8 Å². The quantitative estimate of drug-likeness (QED) is 0.201. The number of nitrogens with one attached hydrogen (secondary N) is 1. The van der Waals surface area contributed by atoms with Crippen molar-refractivity contribution in [3.05, 3.63) is 113 Å². The van der Waals surface area contributed by atoms with E-state index in [-0.39, 0.29) is 0 Å².